The molecule has 0 N–H and O–H groups in total. The number of hydrogen-bond donors (Lipinski definition) is 0. The van der Waals surface area contributed by atoms with Crippen LogP contribution in [0.5, 0.6) is 0 Å². The number of allylic oxidation sites excluding steroid dienone is 1. The molecule has 124 valence electrons. The van der Waals surface area contributed by atoms with Gasteiger partial charge in [0.05, 0.1) is 5.71 Å². The highest BCUT2D eigenvalue weighted by molar-refractivity contribution is 6.15. The van der Waals surface area contributed by atoms with Crippen molar-refractivity contribution in [3.05, 3.63) is 89.8 Å². The molecule has 4 heteroatoms. The zero-order chi connectivity index (χ0) is 16.9. The molecule has 0 unspecified atom stereocenters. The van der Waals surface area contributed by atoms with Crippen LogP contribution in [0.1, 0.15) is 29.7 Å². The second-order valence-electron chi connectivity index (χ2n) is 6.16. The third-order valence-electron chi connectivity index (χ3n) is 4.40. The Morgan fingerprint density at radius 2 is 1.92 bits per heavy atom. The number of pyridine rings is 2. The molecule has 0 saturated carbocycles. The van der Waals surface area contributed by atoms with E-state index in [9.17, 15) is 0 Å². The zero-order valence-corrected chi connectivity index (χ0v) is 14.0. The van der Waals surface area contributed by atoms with Gasteiger partial charge in [0.15, 0.2) is 0 Å². The Balaban J connectivity index is 1.65. The Hall–Kier alpha value is -3.01. The maximum absolute atomic E-state index is 4.77. The van der Waals surface area contributed by atoms with E-state index in [1.807, 2.05) is 24.7 Å². The topological polar surface area (TPSA) is 43.1 Å². The molecule has 0 fully saturated rings. The van der Waals surface area contributed by atoms with Gasteiger partial charge in [0.1, 0.15) is 0 Å². The van der Waals surface area contributed by atoms with Gasteiger partial charge in [0.25, 0.3) is 0 Å². The van der Waals surface area contributed by atoms with Crippen LogP contribution >= 0.6 is 0 Å². The predicted octanol–water partition coefficient (Wildman–Crippen LogP) is 3.99. The van der Waals surface area contributed by atoms with Crippen molar-refractivity contribution in [1.29, 1.82) is 0 Å². The fourth-order valence-corrected chi connectivity index (χ4v) is 3.17. The summed E-state index contributed by atoms with van der Waals surface area (Å²) in [5.41, 5.74) is 5.91. The van der Waals surface area contributed by atoms with Gasteiger partial charge in [-0.1, -0.05) is 0 Å². The van der Waals surface area contributed by atoms with Gasteiger partial charge < -0.3 is 4.57 Å². The van der Waals surface area contributed by atoms with Gasteiger partial charge in [0.2, 0.25) is 0 Å². The molecule has 0 bridgehead atoms. The number of nitrogens with zero attached hydrogens (tertiary/aromatic N) is 4. The summed E-state index contributed by atoms with van der Waals surface area (Å²) in [5, 5.41) is 0. The van der Waals surface area contributed by atoms with Gasteiger partial charge in [-0.2, -0.15) is 0 Å². The molecular weight excluding hydrogens is 308 g/mol. The van der Waals surface area contributed by atoms with E-state index in [2.05, 4.69) is 57.1 Å². The van der Waals surface area contributed by atoms with Crippen molar-refractivity contribution in [1.82, 2.24) is 14.5 Å². The number of rotatable bonds is 4. The third-order valence-corrected chi connectivity index (χ3v) is 4.40. The minimum absolute atomic E-state index is 0.841. The fourth-order valence-electron chi connectivity index (χ4n) is 3.17. The van der Waals surface area contributed by atoms with Crippen molar-refractivity contribution in [2.75, 3.05) is 6.54 Å². The van der Waals surface area contributed by atoms with Gasteiger partial charge in [-0.25, -0.2) is 0 Å². The number of aliphatic imine (C=N–C) groups is 1. The highest BCUT2D eigenvalue weighted by Gasteiger charge is 2.15. The maximum atomic E-state index is 4.77. The lowest BCUT2D eigenvalue weighted by molar-refractivity contribution is 0.791. The van der Waals surface area contributed by atoms with Crippen molar-refractivity contribution in [3.63, 3.8) is 0 Å². The first-order valence-electron chi connectivity index (χ1n) is 8.60. The molecule has 0 saturated heterocycles. The molecule has 0 aromatic carbocycles. The van der Waals surface area contributed by atoms with Gasteiger partial charge in [-0.05, 0) is 66.5 Å². The molecule has 4 nitrogen and oxygen atoms in total. The first-order valence-corrected chi connectivity index (χ1v) is 8.60. The van der Waals surface area contributed by atoms with Gasteiger partial charge in [-0.3, -0.25) is 15.0 Å². The normalized spacial score (nSPS) is 16.0. The van der Waals surface area contributed by atoms with E-state index in [4.69, 9.17) is 4.99 Å². The number of aromatic nitrogens is 3. The SMILES string of the molecule is C(=C1CCCN=C1c1cccnc1)c1cccn1Cc1ccncc1. The summed E-state index contributed by atoms with van der Waals surface area (Å²) in [6.45, 7) is 1.73. The summed E-state index contributed by atoms with van der Waals surface area (Å²) in [6, 6.07) is 12.4. The van der Waals surface area contributed by atoms with Crippen LogP contribution in [-0.2, 0) is 6.54 Å². The second-order valence-corrected chi connectivity index (χ2v) is 6.16. The largest absolute Gasteiger partial charge is 0.344 e. The molecule has 4 rings (SSSR count). The van der Waals surface area contributed by atoms with Crippen LogP contribution < -0.4 is 0 Å². The third kappa shape index (κ3) is 3.58. The van der Waals surface area contributed by atoms with Crippen molar-refractivity contribution in [2.45, 2.75) is 19.4 Å². The fraction of sp³-hybridized carbons (Fsp3) is 0.190. The lowest BCUT2D eigenvalue weighted by Gasteiger charge is -2.17. The van der Waals surface area contributed by atoms with Gasteiger partial charge in [0, 0.05) is 55.3 Å². The first-order chi connectivity index (χ1) is 12.4. The molecule has 3 aromatic heterocycles. The van der Waals surface area contributed by atoms with Gasteiger partial charge in [-0.15, -0.1) is 0 Å². The average molecular weight is 328 g/mol. The van der Waals surface area contributed by atoms with E-state index in [0.717, 1.165) is 37.2 Å². The second kappa shape index (κ2) is 7.26. The monoisotopic (exact) mass is 328 g/mol. The van der Waals surface area contributed by atoms with Crippen molar-refractivity contribution in [2.24, 2.45) is 4.99 Å². The minimum Gasteiger partial charge on any atom is -0.344 e. The summed E-state index contributed by atoms with van der Waals surface area (Å²) in [7, 11) is 0. The number of hydrogen-bond acceptors (Lipinski definition) is 3. The minimum atomic E-state index is 0.841. The molecule has 0 aliphatic carbocycles. The van der Waals surface area contributed by atoms with Crippen LogP contribution in [0.4, 0.5) is 0 Å². The lowest BCUT2D eigenvalue weighted by Crippen LogP contribution is -2.12. The smallest absolute Gasteiger partial charge is 0.0694 e. The van der Waals surface area contributed by atoms with Crippen molar-refractivity contribution in [3.8, 4) is 0 Å². The van der Waals surface area contributed by atoms with Crippen LogP contribution in [0.25, 0.3) is 6.08 Å². The molecule has 1 aliphatic heterocycles. The molecule has 0 spiro atoms. The Kier molecular flexibility index (Phi) is 4.51. The summed E-state index contributed by atoms with van der Waals surface area (Å²) in [6.07, 6.45) is 13.9. The Morgan fingerprint density at radius 3 is 2.76 bits per heavy atom. The molecular formula is C21H20N4. The van der Waals surface area contributed by atoms with E-state index in [-0.39, 0.29) is 0 Å². The summed E-state index contributed by atoms with van der Waals surface area (Å²) >= 11 is 0. The summed E-state index contributed by atoms with van der Waals surface area (Å²) < 4.78 is 2.26. The first kappa shape index (κ1) is 15.5. The Morgan fingerprint density at radius 1 is 1.00 bits per heavy atom. The molecule has 4 heterocycles. The molecule has 1 aliphatic rings. The van der Waals surface area contributed by atoms with Gasteiger partial charge >= 0.3 is 0 Å². The quantitative estimate of drug-likeness (QED) is 0.727. The highest BCUT2D eigenvalue weighted by Crippen LogP contribution is 2.22. The van der Waals surface area contributed by atoms with Crippen LogP contribution in [0.15, 0.2) is 77.9 Å². The maximum Gasteiger partial charge on any atom is 0.0694 e. The summed E-state index contributed by atoms with van der Waals surface area (Å²) in [4.78, 5) is 13.1. The van der Waals surface area contributed by atoms with E-state index in [1.54, 1.807) is 6.20 Å². The Bertz CT molecular complexity index is 892. The van der Waals surface area contributed by atoms with Crippen LogP contribution in [0.3, 0.4) is 0 Å². The molecule has 0 radical (unpaired) electrons. The predicted molar refractivity (Wildman–Crippen MR) is 101 cm³/mol. The van der Waals surface area contributed by atoms with E-state index in [1.165, 1.54) is 16.8 Å². The standard InChI is InChI=1S/C21H20N4/c1-5-19(15-23-9-1)21-18(4-2-10-24-21)14-20-6-3-13-25(20)16-17-7-11-22-12-8-17/h1,3,5-9,11-15H,2,4,10,16H2. The molecule has 0 atom stereocenters. The van der Waals surface area contributed by atoms with Crippen LogP contribution in [-0.4, -0.2) is 26.8 Å². The molecule has 25 heavy (non-hydrogen) atoms. The molecule has 0 amide bonds. The average Bonchev–Trinajstić information content (AvgIpc) is 3.10. The van der Waals surface area contributed by atoms with Crippen LogP contribution in [0, 0.1) is 0 Å². The van der Waals surface area contributed by atoms with Crippen molar-refractivity contribution >= 4 is 11.8 Å². The van der Waals surface area contributed by atoms with Crippen LogP contribution in [0.2, 0.25) is 0 Å². The molecule has 3 aromatic rings. The highest BCUT2D eigenvalue weighted by atomic mass is 15.0. The van der Waals surface area contributed by atoms with E-state index < -0.39 is 0 Å². The summed E-state index contributed by atoms with van der Waals surface area (Å²) in [5.74, 6) is 0. The van der Waals surface area contributed by atoms with E-state index in [0.29, 0.717) is 0 Å². The lowest BCUT2D eigenvalue weighted by atomic mass is 9.96. The zero-order valence-electron chi connectivity index (χ0n) is 14.0. The van der Waals surface area contributed by atoms with Crippen molar-refractivity contribution < 1.29 is 0 Å². The Labute approximate surface area is 147 Å². The van der Waals surface area contributed by atoms with E-state index >= 15 is 0 Å².